The van der Waals surface area contributed by atoms with Crippen molar-refractivity contribution in [3.05, 3.63) is 64.2 Å². The molecule has 0 bridgehead atoms. The SMILES string of the molecule is CNC(CCCCNC(=O)CCC(C)C1CCC2C3CC[C@H]4C[C@@H](O)CC[C@@]4(C)C3CC[C@@]12C)C(=O)N(CCNC(=O)c1cc(B(O)O)cc([N+](=O)[O-])c1)c1ccccc1.[B][B]B(B([B])[B])B(B(B([B])[B])B([B])[B])B(B(B([B])[B])B([B])[B])B(B([B])[B])B([B])[B]. The molecule has 6 unspecified atom stereocenters. The molecule has 89 heavy (non-hydrogen) atoms. The fourth-order valence-corrected chi connectivity index (χ4v) is 16.9. The van der Waals surface area contributed by atoms with Gasteiger partial charge in [0.1, 0.15) is 0 Å². The standard InChI is InChI=1S/C46H68BN5O8.B29/c1-30(38-16-17-39-37-15-14-32-28-36(53)19-21-45(32,2)40(37)20-22-46(38,39)3)13-18-42(54)49-23-9-8-12-41(48-4)44(56)51(34-10-6-5-7-11-34)25-24-50-43(55)31-26-33(47(57)58)29-35(27-31)52(59)60;1-16-24(17(2)3)28(25(18(4)5)19(6)7)29(26(20(8)9)21(10)11)27(22(12)13)23(14)15/h5-7,10-11,26-27,29-30,32,36-41,48,53,57-58H,8-9,12-25,28H2,1-4H3,(H,49,54)(H,50,55);/t30?,32-,36-,37?,38?,39?,40?,41?,45+,46-;/m0./s1. The van der Waals surface area contributed by atoms with Crippen molar-refractivity contribution in [3.63, 3.8) is 0 Å². The van der Waals surface area contributed by atoms with E-state index in [2.05, 4.69) is 36.7 Å². The number of aliphatic hydroxyl groups is 1. The smallest absolute Gasteiger partial charge is 0.423 e. The number of likely N-dealkylation sites (N-methyl/N-ethyl adjacent to an activating group) is 1. The van der Waals surface area contributed by atoms with Gasteiger partial charge in [-0.05, 0) is 161 Å². The number of non-ortho nitro benzene ring substituents is 1. The van der Waals surface area contributed by atoms with Gasteiger partial charge in [0.25, 0.3) is 11.6 Å². The maximum absolute atomic E-state index is 13.9. The Balaban J connectivity index is 0.000000420. The molecule has 6 N–H and O–H groups in total. The summed E-state index contributed by atoms with van der Waals surface area (Å²) >= 11 is 0. The molecule has 13 nitrogen and oxygen atoms in total. The van der Waals surface area contributed by atoms with Gasteiger partial charge in [0, 0.05) is 256 Å². The first-order valence-corrected chi connectivity index (χ1v) is 31.9. The number of para-hydroxylation sites is 1. The zero-order chi connectivity index (χ0) is 66.4. The molecule has 6 rings (SSSR count). The molecule has 31 radical (unpaired) electrons. The van der Waals surface area contributed by atoms with Crippen LogP contribution in [0.25, 0.3) is 0 Å². The van der Waals surface area contributed by atoms with E-state index >= 15 is 0 Å². The number of anilines is 1. The topological polar surface area (TPSA) is 194 Å². The highest BCUT2D eigenvalue weighted by Crippen LogP contribution is 2.68. The molecule has 3 amide bonds. The van der Waals surface area contributed by atoms with E-state index in [1.165, 1.54) is 58.1 Å². The lowest BCUT2D eigenvalue weighted by Crippen LogP contribution is -2.87. The molecule has 0 heterocycles. The number of rotatable bonds is 31. The Kier molecular flexibility index (Phi) is 31.2. The number of nitro benzene ring substituents is 1. The Labute approximate surface area is 559 Å². The van der Waals surface area contributed by atoms with Crippen LogP contribution in [0.5, 0.6) is 0 Å². The maximum Gasteiger partial charge on any atom is 0.488 e. The summed E-state index contributed by atoms with van der Waals surface area (Å²) in [7, 11) is 90.9. The Morgan fingerprint density at radius 1 is 0.708 bits per heavy atom. The summed E-state index contributed by atoms with van der Waals surface area (Å²) in [5.41, 5.74) is 0.656. The Bertz CT molecular complexity index is 2530. The summed E-state index contributed by atoms with van der Waals surface area (Å²) < 4.78 is 0. The predicted molar refractivity (Wildman–Crippen MR) is 400 cm³/mol. The van der Waals surface area contributed by atoms with Gasteiger partial charge in [-0.25, -0.2) is 0 Å². The van der Waals surface area contributed by atoms with Crippen LogP contribution in [0.2, 0.25) is 0 Å². The molecular formula is C46H68B30N5O8. The van der Waals surface area contributed by atoms with Crippen LogP contribution in [-0.2, 0) is 9.59 Å². The first kappa shape index (κ1) is 77.7. The lowest BCUT2D eigenvalue weighted by atomic mass is 8.32. The fraction of sp³-hybridized carbons (Fsp3) is 0.674. The molecular weight excluding hydrogens is 1070 g/mol. The largest absolute Gasteiger partial charge is 0.488 e. The van der Waals surface area contributed by atoms with E-state index in [9.17, 15) is 39.7 Å². The average molecular weight is 1140 g/mol. The van der Waals surface area contributed by atoms with Crippen molar-refractivity contribution in [3.8, 4) is 0 Å². The molecule has 4 saturated carbocycles. The van der Waals surface area contributed by atoms with Gasteiger partial charge in [0.05, 0.1) is 17.1 Å². The van der Waals surface area contributed by atoms with E-state index < -0.39 is 113 Å². The minimum atomic E-state index is -1.99. The third kappa shape index (κ3) is 19.8. The minimum Gasteiger partial charge on any atom is -0.423 e. The summed E-state index contributed by atoms with van der Waals surface area (Å²) in [6.45, 7) is 8.21. The zero-order valence-electron chi connectivity index (χ0n) is 52.9. The number of amides is 3. The zero-order valence-corrected chi connectivity index (χ0v) is 52.9. The molecule has 0 saturated heterocycles. The van der Waals surface area contributed by atoms with Gasteiger partial charge < -0.3 is 36.0 Å². The molecule has 2 aromatic carbocycles. The number of aliphatic hydroxyl groups excluding tert-OH is 1. The van der Waals surface area contributed by atoms with Crippen LogP contribution in [0.15, 0.2) is 48.5 Å². The normalized spacial score (nSPS) is 22.8. The number of fused-ring (bicyclic) bond motifs is 5. The van der Waals surface area contributed by atoms with E-state index in [0.717, 1.165) is 55.6 Å². The van der Waals surface area contributed by atoms with Gasteiger partial charge >= 0.3 is 7.12 Å². The summed E-state index contributed by atoms with van der Waals surface area (Å²) in [6.07, 6.45) is 2.38. The van der Waals surface area contributed by atoms with Crippen molar-refractivity contribution in [2.45, 2.75) is 123 Å². The molecule has 4 aliphatic rings. The number of nitro groups is 1. The van der Waals surface area contributed by atoms with Crippen LogP contribution >= 0.6 is 0 Å². The fourth-order valence-electron chi connectivity index (χ4n) is 16.9. The monoisotopic (exact) mass is 1150 g/mol. The van der Waals surface area contributed by atoms with Crippen molar-refractivity contribution in [1.29, 1.82) is 0 Å². The summed E-state index contributed by atoms with van der Waals surface area (Å²) in [6, 6.07) is 11.8. The molecule has 2 aromatic rings. The second-order valence-electron chi connectivity index (χ2n) is 26.7. The molecule has 4 fully saturated rings. The molecule has 4 aliphatic carbocycles. The Morgan fingerprint density at radius 3 is 1.82 bits per heavy atom. The van der Waals surface area contributed by atoms with E-state index in [1.807, 2.05) is 30.3 Å². The highest BCUT2D eigenvalue weighted by atomic mass is 16.6. The second kappa shape index (κ2) is 35.7. The lowest BCUT2D eigenvalue weighted by molar-refractivity contribution is -0.384. The highest BCUT2D eigenvalue weighted by Gasteiger charge is 2.61. The van der Waals surface area contributed by atoms with Crippen LogP contribution in [-0.4, -0.2) is 290 Å². The van der Waals surface area contributed by atoms with Crippen LogP contribution in [0, 0.1) is 56.5 Å². The summed E-state index contributed by atoms with van der Waals surface area (Å²) in [5, 5.41) is 49.9. The van der Waals surface area contributed by atoms with Crippen molar-refractivity contribution in [2.24, 2.45) is 46.3 Å². The molecule has 0 aromatic heterocycles. The maximum atomic E-state index is 13.9. The highest BCUT2D eigenvalue weighted by molar-refractivity contribution is 8.26. The van der Waals surface area contributed by atoms with Crippen molar-refractivity contribution >= 4 is 248 Å². The summed E-state index contributed by atoms with van der Waals surface area (Å²) in [5.74, 6) is 3.47. The number of hydrogen-bond acceptors (Lipinski definition) is 9. The number of benzene rings is 2. The van der Waals surface area contributed by atoms with Crippen molar-refractivity contribution in [2.75, 3.05) is 31.6 Å². The molecule has 0 spiro atoms. The Morgan fingerprint density at radius 2 is 1.28 bits per heavy atom. The minimum absolute atomic E-state index is 0.0358. The number of nitrogens with one attached hydrogen (secondary N) is 3. The van der Waals surface area contributed by atoms with E-state index in [0.29, 0.717) is 60.1 Å². The second-order valence-corrected chi connectivity index (χ2v) is 26.7. The molecule has 43 heteroatoms. The van der Waals surface area contributed by atoms with Crippen LogP contribution < -0.4 is 26.3 Å². The van der Waals surface area contributed by atoms with Crippen LogP contribution in [0.1, 0.15) is 121 Å². The number of hydrogen-bond donors (Lipinski definition) is 6. The van der Waals surface area contributed by atoms with Gasteiger partial charge in [-0.15, -0.1) is 0 Å². The van der Waals surface area contributed by atoms with Gasteiger partial charge in [-0.1, -0.05) is 39.0 Å². The molecule has 415 valence electrons. The van der Waals surface area contributed by atoms with Crippen molar-refractivity contribution in [1.82, 2.24) is 16.0 Å². The quantitative estimate of drug-likeness (QED) is 0.0185. The third-order valence-electron chi connectivity index (χ3n) is 21.3. The third-order valence-corrected chi connectivity index (χ3v) is 21.3. The number of carbonyl (C=O) groups is 3. The van der Waals surface area contributed by atoms with E-state index in [4.69, 9.17) is 116 Å². The molecule has 10 atom stereocenters. The van der Waals surface area contributed by atoms with Gasteiger partial charge in [-0.2, -0.15) is 0 Å². The van der Waals surface area contributed by atoms with Gasteiger partial charge in [-0.3, -0.25) is 24.5 Å². The van der Waals surface area contributed by atoms with E-state index in [-0.39, 0.29) is 42.0 Å². The number of unbranched alkanes of at least 4 members (excludes halogenated alkanes) is 1. The molecule has 0 aliphatic heterocycles. The number of nitrogens with zero attached hydrogens (tertiary/aromatic N) is 2. The predicted octanol–water partition coefficient (Wildman–Crippen LogP) is -5.70. The van der Waals surface area contributed by atoms with E-state index in [1.54, 1.807) is 11.9 Å². The van der Waals surface area contributed by atoms with Crippen LogP contribution in [0.4, 0.5) is 11.4 Å². The average Bonchev–Trinajstić information content (AvgIpc) is 1.73. The number of carbonyl (C=O) groups excluding carboxylic acids is 3. The van der Waals surface area contributed by atoms with Crippen LogP contribution in [0.3, 0.4) is 0 Å². The first-order chi connectivity index (χ1) is 41.9. The Hall–Kier alpha value is -1.96. The lowest BCUT2D eigenvalue weighted by Gasteiger charge is -2.61. The first-order valence-electron chi connectivity index (χ1n) is 31.9. The summed E-state index contributed by atoms with van der Waals surface area (Å²) in [4.78, 5) is 52.2. The van der Waals surface area contributed by atoms with Crippen molar-refractivity contribution < 1.29 is 34.5 Å². The van der Waals surface area contributed by atoms with Gasteiger partial charge in [0.2, 0.25) is 11.8 Å². The van der Waals surface area contributed by atoms with Gasteiger partial charge in [0.15, 0.2) is 0 Å².